The van der Waals surface area contributed by atoms with Crippen molar-refractivity contribution in [2.24, 2.45) is 12.0 Å². The molecule has 1 atom stereocenters. The quantitative estimate of drug-likeness (QED) is 0.454. The van der Waals surface area contributed by atoms with Crippen LogP contribution in [0.1, 0.15) is 48.3 Å². The maximum atomic E-state index is 13.4. The first-order valence-electron chi connectivity index (χ1n) is 12.7. The van der Waals surface area contributed by atoms with Crippen LogP contribution >= 0.6 is 0 Å². The summed E-state index contributed by atoms with van der Waals surface area (Å²) in [4.78, 5) is 47.3. The third kappa shape index (κ3) is 6.66. The van der Waals surface area contributed by atoms with Gasteiger partial charge in [-0.15, -0.1) is 0 Å². The number of hydrogen-bond acceptors (Lipinski definition) is 6. The number of guanidine groups is 1. The van der Waals surface area contributed by atoms with Crippen LogP contribution in [0.5, 0.6) is 5.75 Å². The van der Waals surface area contributed by atoms with E-state index in [1.807, 2.05) is 11.8 Å². The van der Waals surface area contributed by atoms with Crippen LogP contribution in [0.3, 0.4) is 0 Å². The fraction of sp³-hybridized carbons (Fsp3) is 0.500. The molecule has 0 bridgehead atoms. The van der Waals surface area contributed by atoms with E-state index in [1.54, 1.807) is 54.1 Å². The number of hydrogen-bond donors (Lipinski definition) is 2. The number of nitrogens with zero attached hydrogens (tertiary/aromatic N) is 5. The van der Waals surface area contributed by atoms with Gasteiger partial charge in [0.1, 0.15) is 11.8 Å². The molecule has 4 rings (SSSR count). The molecule has 2 aliphatic rings. The van der Waals surface area contributed by atoms with Crippen LogP contribution in [0.2, 0.25) is 0 Å². The first kappa shape index (κ1) is 26.2. The molecule has 1 unspecified atom stereocenters. The van der Waals surface area contributed by atoms with E-state index in [9.17, 15) is 14.4 Å². The van der Waals surface area contributed by atoms with Gasteiger partial charge in [-0.1, -0.05) is 0 Å². The summed E-state index contributed by atoms with van der Waals surface area (Å²) in [5.41, 5.74) is 1.75. The van der Waals surface area contributed by atoms with Crippen LogP contribution in [-0.4, -0.2) is 82.6 Å². The number of ether oxygens (including phenoxy) is 1. The van der Waals surface area contributed by atoms with Gasteiger partial charge < -0.3 is 19.9 Å². The van der Waals surface area contributed by atoms with Crippen molar-refractivity contribution in [1.82, 2.24) is 24.9 Å². The number of amides is 3. The van der Waals surface area contributed by atoms with Gasteiger partial charge in [0.05, 0.1) is 13.7 Å². The van der Waals surface area contributed by atoms with Gasteiger partial charge in [0.15, 0.2) is 5.69 Å². The molecule has 0 spiro atoms. The summed E-state index contributed by atoms with van der Waals surface area (Å²) in [5.74, 6) is 0.164. The number of likely N-dealkylation sites (tertiary alicyclic amines) is 2. The van der Waals surface area contributed by atoms with Crippen molar-refractivity contribution >= 4 is 29.4 Å². The molecule has 2 fully saturated rings. The van der Waals surface area contributed by atoms with E-state index in [0.29, 0.717) is 24.4 Å². The maximum Gasteiger partial charge on any atom is 0.278 e. The molecule has 0 saturated carbocycles. The molecule has 37 heavy (non-hydrogen) atoms. The van der Waals surface area contributed by atoms with E-state index in [4.69, 9.17) is 4.74 Å². The molecule has 198 valence electrons. The zero-order valence-corrected chi connectivity index (χ0v) is 21.7. The Morgan fingerprint density at radius 1 is 1.11 bits per heavy atom. The first-order valence-corrected chi connectivity index (χ1v) is 12.7. The number of rotatable bonds is 6. The Bertz CT molecular complexity index is 1130. The standard InChI is InChI=1S/C26H35N7O4/c1-18-16-22(30-31(18)2)24(35)29-26(27-19-9-11-20(37-3)12-10-19)28-21-8-4-5-15-33(25(21)36)17-23(34)32-13-6-7-14-32/h9-12,16,21H,4-8,13-15,17H2,1-3H3,(H2,27,28,29,35). The van der Waals surface area contributed by atoms with E-state index < -0.39 is 11.9 Å². The molecule has 2 saturated heterocycles. The fourth-order valence-electron chi connectivity index (χ4n) is 4.50. The van der Waals surface area contributed by atoms with Gasteiger partial charge >= 0.3 is 0 Å². The third-order valence-electron chi connectivity index (χ3n) is 6.75. The van der Waals surface area contributed by atoms with Crippen molar-refractivity contribution < 1.29 is 19.1 Å². The summed E-state index contributed by atoms with van der Waals surface area (Å²) in [7, 11) is 3.35. The highest BCUT2D eigenvalue weighted by molar-refractivity contribution is 6.09. The second-order valence-electron chi connectivity index (χ2n) is 9.44. The topological polar surface area (TPSA) is 121 Å². The lowest BCUT2D eigenvalue weighted by Gasteiger charge is -2.25. The van der Waals surface area contributed by atoms with Gasteiger partial charge in [-0.05, 0) is 69.4 Å². The SMILES string of the molecule is COc1ccc(NC(=NC2CCCCN(CC(=O)N3CCCC3)C2=O)NC(=O)c2cc(C)n(C)n2)cc1. The zero-order valence-electron chi connectivity index (χ0n) is 21.7. The smallest absolute Gasteiger partial charge is 0.278 e. The Hall–Kier alpha value is -3.89. The molecule has 2 N–H and O–H groups in total. The van der Waals surface area contributed by atoms with Gasteiger partial charge in [0.25, 0.3) is 5.91 Å². The molecular formula is C26H35N7O4. The number of aryl methyl sites for hydroxylation is 2. The normalized spacial score (nSPS) is 18.5. The Labute approximate surface area is 216 Å². The van der Waals surface area contributed by atoms with Crippen molar-refractivity contribution in [3.05, 3.63) is 41.7 Å². The molecule has 3 heterocycles. The van der Waals surface area contributed by atoms with Gasteiger partial charge in [-0.25, -0.2) is 4.99 Å². The van der Waals surface area contributed by atoms with Crippen LogP contribution in [0.25, 0.3) is 0 Å². The predicted octanol–water partition coefficient (Wildman–Crippen LogP) is 1.94. The van der Waals surface area contributed by atoms with Crippen LogP contribution < -0.4 is 15.4 Å². The van der Waals surface area contributed by atoms with Gasteiger partial charge in [-0.2, -0.15) is 5.10 Å². The number of benzene rings is 1. The van der Waals surface area contributed by atoms with Crippen LogP contribution in [-0.2, 0) is 16.6 Å². The predicted molar refractivity (Wildman–Crippen MR) is 139 cm³/mol. The van der Waals surface area contributed by atoms with E-state index in [2.05, 4.69) is 20.7 Å². The van der Waals surface area contributed by atoms with Crippen molar-refractivity contribution in [2.75, 3.05) is 38.6 Å². The van der Waals surface area contributed by atoms with Crippen molar-refractivity contribution in [3.63, 3.8) is 0 Å². The Morgan fingerprint density at radius 2 is 1.81 bits per heavy atom. The lowest BCUT2D eigenvalue weighted by Crippen LogP contribution is -2.45. The summed E-state index contributed by atoms with van der Waals surface area (Å²) >= 11 is 0. The second-order valence-corrected chi connectivity index (χ2v) is 9.44. The Kier molecular flexibility index (Phi) is 8.42. The number of nitrogens with one attached hydrogen (secondary N) is 2. The third-order valence-corrected chi connectivity index (χ3v) is 6.75. The minimum atomic E-state index is -0.722. The highest BCUT2D eigenvalue weighted by Gasteiger charge is 2.30. The molecule has 1 aromatic heterocycles. The summed E-state index contributed by atoms with van der Waals surface area (Å²) in [5, 5.41) is 10.1. The molecule has 3 amide bonds. The largest absolute Gasteiger partial charge is 0.497 e. The highest BCUT2D eigenvalue weighted by atomic mass is 16.5. The molecule has 2 aliphatic heterocycles. The van der Waals surface area contributed by atoms with Crippen molar-refractivity contribution in [3.8, 4) is 5.75 Å². The second kappa shape index (κ2) is 11.9. The summed E-state index contributed by atoms with van der Waals surface area (Å²) in [6.45, 7) is 3.93. The number of anilines is 1. The zero-order chi connectivity index (χ0) is 26.4. The average Bonchev–Trinajstić information content (AvgIpc) is 3.51. The summed E-state index contributed by atoms with van der Waals surface area (Å²) < 4.78 is 6.84. The molecule has 0 radical (unpaired) electrons. The lowest BCUT2D eigenvalue weighted by molar-refractivity contribution is -0.140. The molecular weight excluding hydrogens is 474 g/mol. The maximum absolute atomic E-state index is 13.4. The van der Waals surface area contributed by atoms with Crippen LogP contribution in [0.15, 0.2) is 35.3 Å². The van der Waals surface area contributed by atoms with E-state index in [-0.39, 0.29) is 30.0 Å². The van der Waals surface area contributed by atoms with Gasteiger partial charge in [0, 0.05) is 38.1 Å². The lowest BCUT2D eigenvalue weighted by atomic mass is 10.1. The summed E-state index contributed by atoms with van der Waals surface area (Å²) in [6.07, 6.45) is 4.12. The average molecular weight is 510 g/mol. The number of aromatic nitrogens is 2. The van der Waals surface area contributed by atoms with Crippen LogP contribution in [0, 0.1) is 6.92 Å². The molecule has 0 aliphatic carbocycles. The number of aliphatic imine (C=N–C) groups is 1. The number of methoxy groups -OCH3 is 1. The van der Waals surface area contributed by atoms with Gasteiger partial charge in [0.2, 0.25) is 17.8 Å². The van der Waals surface area contributed by atoms with Gasteiger partial charge in [-0.3, -0.25) is 24.4 Å². The molecule has 11 nitrogen and oxygen atoms in total. The highest BCUT2D eigenvalue weighted by Crippen LogP contribution is 2.18. The van der Waals surface area contributed by atoms with Crippen molar-refractivity contribution in [1.29, 1.82) is 0 Å². The minimum Gasteiger partial charge on any atom is -0.497 e. The van der Waals surface area contributed by atoms with Crippen molar-refractivity contribution in [2.45, 2.75) is 45.1 Å². The number of carbonyl (C=O) groups excluding carboxylic acids is 3. The Morgan fingerprint density at radius 3 is 2.46 bits per heavy atom. The summed E-state index contributed by atoms with van der Waals surface area (Å²) in [6, 6.07) is 8.12. The number of carbonyl (C=O) groups is 3. The van der Waals surface area contributed by atoms with E-state index in [1.165, 1.54) is 0 Å². The Balaban J connectivity index is 1.55. The van der Waals surface area contributed by atoms with E-state index >= 15 is 0 Å². The fourth-order valence-corrected chi connectivity index (χ4v) is 4.50. The van der Waals surface area contributed by atoms with E-state index in [0.717, 1.165) is 44.5 Å². The van der Waals surface area contributed by atoms with Crippen LogP contribution in [0.4, 0.5) is 5.69 Å². The molecule has 2 aromatic rings. The molecule has 11 heteroatoms. The first-order chi connectivity index (χ1) is 17.8. The monoisotopic (exact) mass is 509 g/mol. The molecule has 1 aromatic carbocycles. The minimum absolute atomic E-state index is 0.0223.